The molecule has 5 aromatic rings. The smallest absolute Gasteiger partial charge is 0.252 e. The maximum absolute atomic E-state index is 14.1. The molecule has 14 heteroatoms. The van der Waals surface area contributed by atoms with Crippen LogP contribution in [0.15, 0.2) is 29.8 Å². The van der Waals surface area contributed by atoms with Gasteiger partial charge in [0, 0.05) is 43.3 Å². The lowest BCUT2D eigenvalue weighted by Crippen LogP contribution is -2.25. The fraction of sp³-hybridized carbons (Fsp3) is 0.387. The van der Waals surface area contributed by atoms with Crippen molar-refractivity contribution in [2.75, 3.05) is 5.32 Å². The van der Waals surface area contributed by atoms with E-state index in [9.17, 15) is 17.6 Å². The summed E-state index contributed by atoms with van der Waals surface area (Å²) in [6.07, 6.45) is 4.33. The zero-order chi connectivity index (χ0) is 31.5. The summed E-state index contributed by atoms with van der Waals surface area (Å²) in [6, 6.07) is 3.94. The number of ether oxygens (including phenoxy) is 1. The largest absolute Gasteiger partial charge is 0.489 e. The van der Waals surface area contributed by atoms with E-state index in [0.717, 1.165) is 28.2 Å². The average molecular weight is 641 g/mol. The van der Waals surface area contributed by atoms with E-state index in [1.807, 2.05) is 32.2 Å². The third kappa shape index (κ3) is 5.69. The van der Waals surface area contributed by atoms with Gasteiger partial charge in [-0.15, -0.1) is 0 Å². The van der Waals surface area contributed by atoms with Crippen molar-refractivity contribution >= 4 is 51.4 Å². The lowest BCUT2D eigenvalue weighted by Gasteiger charge is -2.22. The number of aromatic nitrogens is 6. The molecule has 0 fully saturated rings. The van der Waals surface area contributed by atoms with E-state index in [2.05, 4.69) is 40.2 Å². The number of fused-ring (bicyclic) bond motifs is 7. The second-order valence-corrected chi connectivity index (χ2v) is 12.2. The zero-order valence-corrected chi connectivity index (χ0v) is 25.2. The predicted octanol–water partition coefficient (Wildman–Crippen LogP) is 7.28. The Hall–Kier alpha value is -4.26. The molecule has 0 saturated carbocycles. The molecule has 1 aliphatic heterocycles. The molecule has 0 radical (unpaired) electrons. The normalized spacial score (nSPS) is 17.5. The lowest BCUT2D eigenvalue weighted by atomic mass is 9.93. The van der Waals surface area contributed by atoms with Crippen molar-refractivity contribution in [2.24, 2.45) is 4.99 Å². The Morgan fingerprint density at radius 2 is 1.49 bits per heavy atom. The van der Waals surface area contributed by atoms with Gasteiger partial charge in [-0.3, -0.25) is 4.99 Å². The van der Waals surface area contributed by atoms with Crippen LogP contribution in [0.1, 0.15) is 60.3 Å². The Labute approximate surface area is 259 Å². The van der Waals surface area contributed by atoms with Gasteiger partial charge in [0.05, 0.1) is 29.1 Å². The van der Waals surface area contributed by atoms with Crippen molar-refractivity contribution in [1.29, 1.82) is 0 Å². The van der Waals surface area contributed by atoms with Crippen LogP contribution >= 0.6 is 11.6 Å². The summed E-state index contributed by atoms with van der Waals surface area (Å²) in [4.78, 5) is 27.0. The first-order valence-corrected chi connectivity index (χ1v) is 15.0. The fourth-order valence-electron chi connectivity index (χ4n) is 6.17. The van der Waals surface area contributed by atoms with Gasteiger partial charge in [0.25, 0.3) is 11.8 Å². The quantitative estimate of drug-likeness (QED) is 0.140. The fourth-order valence-corrected chi connectivity index (χ4v) is 6.41. The first-order valence-electron chi connectivity index (χ1n) is 14.7. The molecule has 0 unspecified atom stereocenters. The first-order chi connectivity index (χ1) is 21.5. The highest BCUT2D eigenvalue weighted by Gasteiger charge is 2.38. The predicted molar refractivity (Wildman–Crippen MR) is 164 cm³/mol. The molecule has 45 heavy (non-hydrogen) atoms. The second-order valence-electron chi connectivity index (χ2n) is 11.9. The molecule has 0 atom stereocenters. The van der Waals surface area contributed by atoms with Crippen LogP contribution in [0.2, 0.25) is 5.15 Å². The van der Waals surface area contributed by atoms with Crippen LogP contribution < -0.4 is 10.1 Å². The van der Waals surface area contributed by atoms with Crippen LogP contribution in [0.4, 0.5) is 29.1 Å². The van der Waals surface area contributed by atoms with Gasteiger partial charge in [0.15, 0.2) is 0 Å². The minimum absolute atomic E-state index is 0.0138. The summed E-state index contributed by atoms with van der Waals surface area (Å²) in [6.45, 7) is 4.55. The number of alkyl halides is 4. The molecule has 234 valence electrons. The van der Waals surface area contributed by atoms with E-state index in [-0.39, 0.29) is 36.9 Å². The van der Waals surface area contributed by atoms with Crippen molar-refractivity contribution in [3.63, 3.8) is 0 Å². The van der Waals surface area contributed by atoms with Crippen LogP contribution in [0.3, 0.4) is 0 Å². The van der Waals surface area contributed by atoms with E-state index in [1.54, 1.807) is 0 Å². The Balaban J connectivity index is 0.000000171. The Bertz CT molecular complexity index is 1970. The molecule has 1 aromatic carbocycles. The number of halogens is 5. The van der Waals surface area contributed by atoms with Gasteiger partial charge >= 0.3 is 0 Å². The summed E-state index contributed by atoms with van der Waals surface area (Å²) >= 11 is 5.91. The molecule has 9 nitrogen and oxygen atoms in total. The molecular formula is C31H29ClF4N8O. The number of benzene rings is 1. The van der Waals surface area contributed by atoms with Crippen LogP contribution in [0.5, 0.6) is 5.75 Å². The van der Waals surface area contributed by atoms with E-state index < -0.39 is 11.8 Å². The molecule has 3 N–H and O–H groups in total. The van der Waals surface area contributed by atoms with E-state index in [1.165, 1.54) is 12.7 Å². The van der Waals surface area contributed by atoms with Crippen molar-refractivity contribution in [3.05, 3.63) is 63.6 Å². The number of hydrogen-bond acceptors (Lipinski definition) is 7. The molecule has 5 heterocycles. The lowest BCUT2D eigenvalue weighted by molar-refractivity contribution is -0.0127. The molecule has 0 amide bonds. The summed E-state index contributed by atoms with van der Waals surface area (Å²) in [5.41, 5.74) is 6.72. The molecular weight excluding hydrogens is 612 g/mol. The summed E-state index contributed by atoms with van der Waals surface area (Å²) in [5.74, 6) is -4.19. The number of anilines is 2. The number of aliphatic imine (C=N–C) groups is 1. The minimum atomic E-state index is -2.72. The van der Waals surface area contributed by atoms with Gasteiger partial charge in [0.2, 0.25) is 0 Å². The van der Waals surface area contributed by atoms with Crippen molar-refractivity contribution < 1.29 is 22.3 Å². The van der Waals surface area contributed by atoms with Crippen molar-refractivity contribution in [1.82, 2.24) is 29.9 Å². The standard InChI is InChI=1S/C21H21F2N5O.C10H8ClF2N3/c1-11(2)29-17-6-13-9-24-8-12(13)5-16(17)28-20-18-14-7-21(22,23)4-3-15(14)27-19(18)25-10-26-20;11-8-7-5-3-10(12,13)2-1-6(5)16-9(7)15-4-14-8/h5-6,8,10-11H,3-4,7,9H2,1-2H3,(H2,25,26,27,28);4H,1-3H2,(H,14,15,16). The van der Waals surface area contributed by atoms with E-state index in [0.29, 0.717) is 64.1 Å². The molecule has 0 spiro atoms. The van der Waals surface area contributed by atoms with Gasteiger partial charge in [0.1, 0.15) is 40.7 Å². The highest BCUT2D eigenvalue weighted by atomic mass is 35.5. The van der Waals surface area contributed by atoms with E-state index in [4.69, 9.17) is 16.3 Å². The Morgan fingerprint density at radius 3 is 2.16 bits per heavy atom. The highest BCUT2D eigenvalue weighted by molar-refractivity contribution is 6.34. The molecule has 4 aromatic heterocycles. The third-order valence-corrected chi connectivity index (χ3v) is 8.51. The summed E-state index contributed by atoms with van der Waals surface area (Å²) in [5, 5.41) is 4.71. The average Bonchev–Trinajstić information content (AvgIpc) is 3.68. The number of aryl methyl sites for hydroxylation is 2. The van der Waals surface area contributed by atoms with Crippen LogP contribution in [0.25, 0.3) is 22.1 Å². The maximum Gasteiger partial charge on any atom is 0.252 e. The third-order valence-electron chi connectivity index (χ3n) is 8.22. The Kier molecular flexibility index (Phi) is 7.18. The second kappa shape index (κ2) is 11.0. The molecule has 0 saturated heterocycles. The molecule has 0 bridgehead atoms. The molecule has 2 aliphatic carbocycles. The van der Waals surface area contributed by atoms with Crippen LogP contribution in [-0.2, 0) is 32.2 Å². The Morgan fingerprint density at radius 1 is 0.867 bits per heavy atom. The number of aromatic amines is 2. The van der Waals surface area contributed by atoms with Crippen molar-refractivity contribution in [2.45, 2.75) is 76.9 Å². The monoisotopic (exact) mass is 640 g/mol. The first kappa shape index (κ1) is 29.5. The highest BCUT2D eigenvalue weighted by Crippen LogP contribution is 2.41. The zero-order valence-electron chi connectivity index (χ0n) is 24.4. The van der Waals surface area contributed by atoms with Crippen LogP contribution in [-0.4, -0.2) is 54.1 Å². The number of rotatable bonds is 4. The van der Waals surface area contributed by atoms with E-state index >= 15 is 0 Å². The molecule has 8 rings (SSSR count). The number of H-pyrrole nitrogens is 2. The van der Waals surface area contributed by atoms with Gasteiger partial charge in [-0.05, 0) is 61.1 Å². The van der Waals surface area contributed by atoms with Gasteiger partial charge < -0.3 is 20.0 Å². The maximum atomic E-state index is 14.1. The number of hydrogen-bond donors (Lipinski definition) is 3. The molecule has 3 aliphatic rings. The number of nitrogens with zero attached hydrogens (tertiary/aromatic N) is 5. The van der Waals surface area contributed by atoms with Crippen molar-refractivity contribution in [3.8, 4) is 5.75 Å². The van der Waals surface area contributed by atoms with Crippen LogP contribution in [0, 0.1) is 0 Å². The van der Waals surface area contributed by atoms with Gasteiger partial charge in [-0.1, -0.05) is 11.6 Å². The topological polar surface area (TPSA) is 117 Å². The summed E-state index contributed by atoms with van der Waals surface area (Å²) < 4.78 is 60.8. The minimum Gasteiger partial charge on any atom is -0.489 e. The number of nitrogens with one attached hydrogen (secondary N) is 3. The van der Waals surface area contributed by atoms with Gasteiger partial charge in [-0.2, -0.15) is 0 Å². The summed E-state index contributed by atoms with van der Waals surface area (Å²) in [7, 11) is 0. The SMILES string of the molecule is CC(C)Oc1cc2c(cc1Nc1ncnc3[nH]c4c(c13)CC(F)(F)CC4)C=NC2.FC1(F)CCc2[nH]c3ncnc(Cl)c3c2C1. The van der Waals surface area contributed by atoms with Gasteiger partial charge in [-0.25, -0.2) is 37.5 Å².